The largest absolute Gasteiger partial charge is 0.439 e. The summed E-state index contributed by atoms with van der Waals surface area (Å²) in [5.41, 5.74) is 6.50. The van der Waals surface area contributed by atoms with Gasteiger partial charge < -0.3 is 10.5 Å². The molecule has 0 atom stereocenters. The molecule has 4 nitrogen and oxygen atoms in total. The van der Waals surface area contributed by atoms with Crippen molar-refractivity contribution in [2.24, 2.45) is 0 Å². The van der Waals surface area contributed by atoms with E-state index in [-0.39, 0.29) is 5.95 Å². The third-order valence-corrected chi connectivity index (χ3v) is 2.51. The fourth-order valence-corrected chi connectivity index (χ4v) is 1.55. The first kappa shape index (κ1) is 10.9. The highest BCUT2D eigenvalue weighted by atomic mass is 79.9. The SMILES string of the molecule is Cc1ccc(Br)cc1Oc1ccnc(N)n1. The van der Waals surface area contributed by atoms with Crippen molar-refractivity contribution >= 4 is 21.9 Å². The van der Waals surface area contributed by atoms with Crippen LogP contribution in [0.5, 0.6) is 11.6 Å². The number of nitrogens with two attached hydrogens (primary N) is 1. The van der Waals surface area contributed by atoms with E-state index in [0.717, 1.165) is 15.8 Å². The molecule has 2 N–H and O–H groups in total. The predicted octanol–water partition coefficient (Wildman–Crippen LogP) is 2.92. The number of hydrogen-bond donors (Lipinski definition) is 1. The Morgan fingerprint density at radius 1 is 1.31 bits per heavy atom. The van der Waals surface area contributed by atoms with E-state index in [4.69, 9.17) is 10.5 Å². The van der Waals surface area contributed by atoms with E-state index in [0.29, 0.717) is 5.88 Å². The number of nitrogen functional groups attached to an aromatic ring is 1. The van der Waals surface area contributed by atoms with Crippen LogP contribution in [0.25, 0.3) is 0 Å². The topological polar surface area (TPSA) is 61.0 Å². The maximum atomic E-state index is 5.61. The van der Waals surface area contributed by atoms with Crippen LogP contribution >= 0.6 is 15.9 Å². The zero-order valence-corrected chi connectivity index (χ0v) is 10.2. The molecule has 5 heteroatoms. The molecule has 0 aliphatic carbocycles. The van der Waals surface area contributed by atoms with Gasteiger partial charge in [0.2, 0.25) is 11.8 Å². The van der Waals surface area contributed by atoms with Crippen molar-refractivity contribution in [1.82, 2.24) is 9.97 Å². The van der Waals surface area contributed by atoms with E-state index in [2.05, 4.69) is 25.9 Å². The van der Waals surface area contributed by atoms with Gasteiger partial charge in [0.1, 0.15) is 5.75 Å². The monoisotopic (exact) mass is 279 g/mol. The molecule has 16 heavy (non-hydrogen) atoms. The van der Waals surface area contributed by atoms with Crippen molar-refractivity contribution in [3.63, 3.8) is 0 Å². The molecule has 0 unspecified atom stereocenters. The summed E-state index contributed by atoms with van der Waals surface area (Å²) in [7, 11) is 0. The van der Waals surface area contributed by atoms with Crippen LogP contribution < -0.4 is 10.5 Å². The van der Waals surface area contributed by atoms with Crippen LogP contribution in [0.3, 0.4) is 0 Å². The van der Waals surface area contributed by atoms with Crippen molar-refractivity contribution in [1.29, 1.82) is 0 Å². The minimum atomic E-state index is 0.199. The number of nitrogens with zero attached hydrogens (tertiary/aromatic N) is 2. The quantitative estimate of drug-likeness (QED) is 0.918. The Balaban J connectivity index is 2.30. The second-order valence-electron chi connectivity index (χ2n) is 3.26. The Morgan fingerprint density at radius 2 is 2.12 bits per heavy atom. The van der Waals surface area contributed by atoms with Crippen LogP contribution in [0.1, 0.15) is 5.56 Å². The molecule has 1 heterocycles. The molecule has 0 saturated carbocycles. The van der Waals surface area contributed by atoms with Gasteiger partial charge in [0, 0.05) is 16.7 Å². The molecule has 0 radical (unpaired) electrons. The Kier molecular flexibility index (Phi) is 3.05. The molecule has 0 spiro atoms. The Labute approximate surface area is 102 Å². The Morgan fingerprint density at radius 3 is 2.88 bits per heavy atom. The van der Waals surface area contributed by atoms with E-state index in [9.17, 15) is 0 Å². The minimum Gasteiger partial charge on any atom is -0.439 e. The zero-order chi connectivity index (χ0) is 11.5. The number of benzene rings is 1. The molecule has 0 saturated heterocycles. The molecule has 2 rings (SSSR count). The summed E-state index contributed by atoms with van der Waals surface area (Å²) < 4.78 is 6.56. The number of anilines is 1. The smallest absolute Gasteiger partial charge is 0.224 e. The summed E-state index contributed by atoms with van der Waals surface area (Å²) in [6.07, 6.45) is 1.56. The second kappa shape index (κ2) is 4.49. The van der Waals surface area contributed by atoms with Gasteiger partial charge in [-0.3, -0.25) is 0 Å². The highest BCUT2D eigenvalue weighted by Gasteiger charge is 2.03. The van der Waals surface area contributed by atoms with Crippen LogP contribution in [0.2, 0.25) is 0 Å². The van der Waals surface area contributed by atoms with E-state index < -0.39 is 0 Å². The Hall–Kier alpha value is -1.62. The van der Waals surface area contributed by atoms with Crippen LogP contribution in [-0.4, -0.2) is 9.97 Å². The first-order chi connectivity index (χ1) is 7.65. The first-order valence-corrected chi connectivity index (χ1v) is 5.47. The van der Waals surface area contributed by atoms with Crippen LogP contribution in [0.4, 0.5) is 5.95 Å². The fourth-order valence-electron chi connectivity index (χ4n) is 1.21. The minimum absolute atomic E-state index is 0.199. The number of aryl methyl sites for hydroxylation is 1. The Bertz CT molecular complexity index is 516. The van der Waals surface area contributed by atoms with Crippen molar-refractivity contribution in [3.05, 3.63) is 40.5 Å². The molecular formula is C11H10BrN3O. The average Bonchev–Trinajstić information content (AvgIpc) is 2.24. The van der Waals surface area contributed by atoms with Gasteiger partial charge >= 0.3 is 0 Å². The molecule has 0 amide bonds. The molecule has 2 aromatic rings. The van der Waals surface area contributed by atoms with Gasteiger partial charge in [0.25, 0.3) is 0 Å². The van der Waals surface area contributed by atoms with Gasteiger partial charge in [0.05, 0.1) is 0 Å². The maximum absolute atomic E-state index is 5.61. The van der Waals surface area contributed by atoms with Crippen molar-refractivity contribution in [2.45, 2.75) is 6.92 Å². The van der Waals surface area contributed by atoms with Crippen LogP contribution in [0.15, 0.2) is 34.9 Å². The standard InChI is InChI=1S/C11H10BrN3O/c1-7-2-3-8(12)6-9(7)16-10-4-5-14-11(13)15-10/h2-6H,1H3,(H2,13,14,15). The van der Waals surface area contributed by atoms with Crippen molar-refractivity contribution in [2.75, 3.05) is 5.73 Å². The van der Waals surface area contributed by atoms with E-state index in [1.54, 1.807) is 12.3 Å². The number of hydrogen-bond acceptors (Lipinski definition) is 4. The van der Waals surface area contributed by atoms with E-state index in [1.807, 2.05) is 25.1 Å². The van der Waals surface area contributed by atoms with Gasteiger partial charge in [-0.05, 0) is 24.6 Å². The van der Waals surface area contributed by atoms with Crippen molar-refractivity contribution in [3.8, 4) is 11.6 Å². The highest BCUT2D eigenvalue weighted by molar-refractivity contribution is 9.10. The number of ether oxygens (including phenoxy) is 1. The van der Waals surface area contributed by atoms with Crippen molar-refractivity contribution < 1.29 is 4.74 Å². The molecular weight excluding hydrogens is 270 g/mol. The molecule has 1 aromatic carbocycles. The van der Waals surface area contributed by atoms with Gasteiger partial charge in [-0.15, -0.1) is 0 Å². The summed E-state index contributed by atoms with van der Waals surface area (Å²) >= 11 is 3.39. The fraction of sp³-hybridized carbons (Fsp3) is 0.0909. The van der Waals surface area contributed by atoms with Crippen LogP contribution in [0, 0.1) is 6.92 Å². The molecule has 82 valence electrons. The third kappa shape index (κ3) is 2.49. The summed E-state index contributed by atoms with van der Waals surface area (Å²) in [5, 5.41) is 0. The molecule has 1 aromatic heterocycles. The normalized spacial score (nSPS) is 10.1. The molecule has 0 fully saturated rings. The molecule has 0 bridgehead atoms. The lowest BCUT2D eigenvalue weighted by molar-refractivity contribution is 0.459. The summed E-state index contributed by atoms with van der Waals surface area (Å²) in [4.78, 5) is 7.77. The molecule has 0 aliphatic rings. The zero-order valence-electron chi connectivity index (χ0n) is 8.64. The van der Waals surface area contributed by atoms with Gasteiger partial charge in [0.15, 0.2) is 0 Å². The summed E-state index contributed by atoms with van der Waals surface area (Å²) in [6, 6.07) is 7.46. The predicted molar refractivity (Wildman–Crippen MR) is 65.4 cm³/mol. The third-order valence-electron chi connectivity index (χ3n) is 2.01. The number of halogens is 1. The average molecular weight is 280 g/mol. The van der Waals surface area contributed by atoms with E-state index >= 15 is 0 Å². The van der Waals surface area contributed by atoms with Gasteiger partial charge in [-0.25, -0.2) is 4.98 Å². The van der Waals surface area contributed by atoms with Gasteiger partial charge in [-0.1, -0.05) is 22.0 Å². The summed E-state index contributed by atoms with van der Waals surface area (Å²) in [6.45, 7) is 1.96. The van der Waals surface area contributed by atoms with Crippen LogP contribution in [-0.2, 0) is 0 Å². The molecule has 0 aliphatic heterocycles. The van der Waals surface area contributed by atoms with Gasteiger partial charge in [-0.2, -0.15) is 4.98 Å². The highest BCUT2D eigenvalue weighted by Crippen LogP contribution is 2.26. The second-order valence-corrected chi connectivity index (χ2v) is 4.18. The lowest BCUT2D eigenvalue weighted by Crippen LogP contribution is -1.96. The first-order valence-electron chi connectivity index (χ1n) is 4.67. The maximum Gasteiger partial charge on any atom is 0.224 e. The van der Waals surface area contributed by atoms with E-state index in [1.165, 1.54) is 0 Å². The number of rotatable bonds is 2. The lowest BCUT2D eigenvalue weighted by atomic mass is 10.2. The summed E-state index contributed by atoms with van der Waals surface area (Å²) in [5.74, 6) is 1.38. The number of aromatic nitrogens is 2. The lowest BCUT2D eigenvalue weighted by Gasteiger charge is -2.07.